The molecule has 0 aliphatic carbocycles. The normalized spacial score (nSPS) is 22.8. The van der Waals surface area contributed by atoms with Crippen LogP contribution >= 0.6 is 0 Å². The smallest absolute Gasteiger partial charge is 0.228 e. The number of rotatable bonds is 5. The monoisotopic (exact) mass is 372 g/mol. The molecule has 1 aromatic carbocycles. The summed E-state index contributed by atoms with van der Waals surface area (Å²) in [4.78, 5) is 16.9. The highest BCUT2D eigenvalue weighted by Gasteiger charge is 2.37. The van der Waals surface area contributed by atoms with Gasteiger partial charge in [0, 0.05) is 51.0 Å². The average Bonchev–Trinajstić information content (AvgIpc) is 3.25. The van der Waals surface area contributed by atoms with Crippen LogP contribution in [0.5, 0.6) is 0 Å². The average molecular weight is 372 g/mol. The fourth-order valence-corrected chi connectivity index (χ4v) is 3.99. The summed E-state index contributed by atoms with van der Waals surface area (Å²) < 4.78 is 21.4. The van der Waals surface area contributed by atoms with Crippen molar-refractivity contribution in [3.05, 3.63) is 53.6 Å². The molecule has 1 aromatic heterocycles. The fraction of sp³-hybridized carbons (Fsp3) is 0.500. The first-order chi connectivity index (χ1) is 13.1. The minimum atomic E-state index is -0.223. The maximum absolute atomic E-state index is 13.7. The minimum absolute atomic E-state index is 0.0837. The highest BCUT2D eigenvalue weighted by molar-refractivity contribution is 5.78. The van der Waals surface area contributed by atoms with Gasteiger partial charge in [0.15, 0.2) is 0 Å². The zero-order valence-corrected chi connectivity index (χ0v) is 15.6. The Balaban J connectivity index is 1.29. The number of halogens is 1. The second-order valence-corrected chi connectivity index (χ2v) is 7.41. The van der Waals surface area contributed by atoms with Gasteiger partial charge in [-0.05, 0) is 18.6 Å². The number of amides is 1. The van der Waals surface area contributed by atoms with E-state index >= 15 is 0 Å². The third kappa shape index (κ3) is 4.20. The standard InChI is InChI=1S/C20H25FN4O2/c1-23-7-6-16(22-23)10-20(26)25-9-8-24-13-18(11-17(24)12-25)27-14-15-4-2-3-5-19(15)21/h2-7,17-18H,8-14H2,1H3/t17-,18-/m0/s1. The van der Waals surface area contributed by atoms with Crippen molar-refractivity contribution in [1.29, 1.82) is 0 Å². The molecular weight excluding hydrogens is 347 g/mol. The van der Waals surface area contributed by atoms with Gasteiger partial charge >= 0.3 is 0 Å². The molecule has 0 N–H and O–H groups in total. The first-order valence-corrected chi connectivity index (χ1v) is 9.44. The van der Waals surface area contributed by atoms with Crippen LogP contribution in [0, 0.1) is 5.82 Å². The number of fused-ring (bicyclic) bond motifs is 1. The molecule has 144 valence electrons. The number of hydrogen-bond donors (Lipinski definition) is 0. The second kappa shape index (κ2) is 7.78. The number of aromatic nitrogens is 2. The summed E-state index contributed by atoms with van der Waals surface area (Å²) >= 11 is 0. The van der Waals surface area contributed by atoms with Gasteiger partial charge < -0.3 is 9.64 Å². The van der Waals surface area contributed by atoms with Gasteiger partial charge in [0.25, 0.3) is 0 Å². The van der Waals surface area contributed by atoms with Crippen molar-refractivity contribution < 1.29 is 13.9 Å². The number of nitrogens with zero attached hydrogens (tertiary/aromatic N) is 4. The van der Waals surface area contributed by atoms with Crippen LogP contribution in [0.4, 0.5) is 4.39 Å². The molecule has 0 spiro atoms. The van der Waals surface area contributed by atoms with Gasteiger partial charge in [-0.2, -0.15) is 5.10 Å². The molecule has 2 fully saturated rings. The molecule has 3 heterocycles. The van der Waals surface area contributed by atoms with E-state index in [1.807, 2.05) is 30.3 Å². The van der Waals surface area contributed by atoms with Crippen LogP contribution < -0.4 is 0 Å². The number of benzene rings is 1. The van der Waals surface area contributed by atoms with Crippen LogP contribution in [0.1, 0.15) is 17.7 Å². The van der Waals surface area contributed by atoms with Crippen molar-refractivity contribution in [1.82, 2.24) is 19.6 Å². The van der Waals surface area contributed by atoms with Gasteiger partial charge in [-0.25, -0.2) is 4.39 Å². The summed E-state index contributed by atoms with van der Waals surface area (Å²) in [7, 11) is 1.85. The van der Waals surface area contributed by atoms with Crippen LogP contribution in [0.15, 0.2) is 36.5 Å². The molecule has 0 radical (unpaired) electrons. The fourth-order valence-electron chi connectivity index (χ4n) is 3.99. The SMILES string of the molecule is Cn1ccc(CC(=O)N2CCN3C[C@@H](OCc4ccccc4F)C[C@H]3C2)n1. The molecule has 27 heavy (non-hydrogen) atoms. The van der Waals surface area contributed by atoms with Crippen LogP contribution in [0.2, 0.25) is 0 Å². The van der Waals surface area contributed by atoms with Gasteiger partial charge in [-0.3, -0.25) is 14.4 Å². The Bertz CT molecular complexity index is 809. The minimum Gasteiger partial charge on any atom is -0.372 e. The quantitative estimate of drug-likeness (QED) is 0.800. The molecule has 6 nitrogen and oxygen atoms in total. The zero-order chi connectivity index (χ0) is 18.8. The van der Waals surface area contributed by atoms with Crippen molar-refractivity contribution in [2.75, 3.05) is 26.2 Å². The number of hydrogen-bond acceptors (Lipinski definition) is 4. The summed E-state index contributed by atoms with van der Waals surface area (Å²) in [5.41, 5.74) is 1.40. The van der Waals surface area contributed by atoms with E-state index in [-0.39, 0.29) is 17.8 Å². The second-order valence-electron chi connectivity index (χ2n) is 7.41. The summed E-state index contributed by atoms with van der Waals surface area (Å²) in [6.45, 7) is 3.47. The van der Waals surface area contributed by atoms with E-state index in [0.29, 0.717) is 24.6 Å². The highest BCUT2D eigenvalue weighted by atomic mass is 19.1. The van der Waals surface area contributed by atoms with Crippen molar-refractivity contribution >= 4 is 5.91 Å². The largest absolute Gasteiger partial charge is 0.372 e. The lowest BCUT2D eigenvalue weighted by Gasteiger charge is -2.37. The molecule has 7 heteroatoms. The van der Waals surface area contributed by atoms with E-state index in [1.165, 1.54) is 6.07 Å². The Morgan fingerprint density at radius 2 is 2.11 bits per heavy atom. The molecule has 0 bridgehead atoms. The van der Waals surface area contributed by atoms with Crippen molar-refractivity contribution in [3.63, 3.8) is 0 Å². The molecule has 2 saturated heterocycles. The lowest BCUT2D eigenvalue weighted by Crippen LogP contribution is -2.52. The van der Waals surface area contributed by atoms with E-state index in [0.717, 1.165) is 38.3 Å². The van der Waals surface area contributed by atoms with Gasteiger partial charge in [-0.1, -0.05) is 18.2 Å². The van der Waals surface area contributed by atoms with E-state index < -0.39 is 0 Å². The first kappa shape index (κ1) is 18.1. The van der Waals surface area contributed by atoms with Crippen molar-refractivity contribution in [3.8, 4) is 0 Å². The number of carbonyl (C=O) groups is 1. The van der Waals surface area contributed by atoms with E-state index in [1.54, 1.807) is 16.8 Å². The van der Waals surface area contributed by atoms with Crippen LogP contribution in [0.25, 0.3) is 0 Å². The predicted octanol–water partition coefficient (Wildman–Crippen LogP) is 1.60. The van der Waals surface area contributed by atoms with Crippen LogP contribution in [0.3, 0.4) is 0 Å². The number of piperazine rings is 1. The zero-order valence-electron chi connectivity index (χ0n) is 15.6. The summed E-state index contributed by atoms with van der Waals surface area (Å²) in [6, 6.07) is 8.93. The third-order valence-corrected chi connectivity index (χ3v) is 5.46. The maximum Gasteiger partial charge on any atom is 0.228 e. The van der Waals surface area contributed by atoms with Crippen molar-refractivity contribution in [2.45, 2.75) is 31.6 Å². The predicted molar refractivity (Wildman–Crippen MR) is 98.4 cm³/mol. The van der Waals surface area contributed by atoms with Crippen molar-refractivity contribution in [2.24, 2.45) is 7.05 Å². The number of carbonyl (C=O) groups excluding carboxylic acids is 1. The topological polar surface area (TPSA) is 50.6 Å². The Morgan fingerprint density at radius 1 is 1.26 bits per heavy atom. The summed E-state index contributed by atoms with van der Waals surface area (Å²) in [5.74, 6) is -0.0939. The lowest BCUT2D eigenvalue weighted by molar-refractivity contribution is -0.133. The van der Waals surface area contributed by atoms with Gasteiger partial charge in [0.1, 0.15) is 5.82 Å². The molecule has 2 atom stereocenters. The van der Waals surface area contributed by atoms with E-state index in [2.05, 4.69) is 10.00 Å². The Hall–Kier alpha value is -2.25. The van der Waals surface area contributed by atoms with Gasteiger partial charge in [-0.15, -0.1) is 0 Å². The van der Waals surface area contributed by atoms with E-state index in [9.17, 15) is 9.18 Å². The van der Waals surface area contributed by atoms with Gasteiger partial charge in [0.05, 0.1) is 24.8 Å². The summed E-state index contributed by atoms with van der Waals surface area (Å²) in [5, 5.41) is 4.29. The van der Waals surface area contributed by atoms with Crippen LogP contribution in [-0.4, -0.2) is 63.8 Å². The molecule has 0 saturated carbocycles. The van der Waals surface area contributed by atoms with Gasteiger partial charge in [0.2, 0.25) is 5.91 Å². The Morgan fingerprint density at radius 3 is 2.89 bits per heavy atom. The molecule has 1 amide bonds. The molecule has 0 unspecified atom stereocenters. The maximum atomic E-state index is 13.7. The molecule has 2 aliphatic rings. The lowest BCUT2D eigenvalue weighted by atomic mass is 10.1. The summed E-state index contributed by atoms with van der Waals surface area (Å²) in [6.07, 6.45) is 3.16. The Labute approximate surface area is 158 Å². The molecular formula is C20H25FN4O2. The number of aryl methyl sites for hydroxylation is 1. The molecule has 2 aromatic rings. The third-order valence-electron chi connectivity index (χ3n) is 5.46. The molecule has 2 aliphatic heterocycles. The highest BCUT2D eigenvalue weighted by Crippen LogP contribution is 2.25. The number of ether oxygens (including phenoxy) is 1. The van der Waals surface area contributed by atoms with E-state index in [4.69, 9.17) is 4.74 Å². The first-order valence-electron chi connectivity index (χ1n) is 9.44. The molecule has 4 rings (SSSR count). The Kier molecular flexibility index (Phi) is 5.22. The van der Waals surface area contributed by atoms with Crippen LogP contribution in [-0.2, 0) is 29.6 Å².